The second-order valence-corrected chi connectivity index (χ2v) is 6.42. The fraction of sp³-hybridized carbons (Fsp3) is 0.667. The Hall–Kier alpha value is -1.02. The first-order chi connectivity index (χ1) is 9.83. The van der Waals surface area contributed by atoms with Crippen LogP contribution in [0, 0.1) is 5.92 Å². The van der Waals surface area contributed by atoms with Crippen LogP contribution in [0.25, 0.3) is 0 Å². The molecular formula is C18H27NO. The molecular weight excluding hydrogens is 246 g/mol. The lowest BCUT2D eigenvalue weighted by molar-refractivity contribution is 0.340. The molecule has 110 valence electrons. The number of fused-ring (bicyclic) bond motifs is 1. The number of hydrogen-bond acceptors (Lipinski definition) is 2. The molecule has 0 aromatic heterocycles. The average molecular weight is 273 g/mol. The number of rotatable bonds is 6. The van der Waals surface area contributed by atoms with Crippen LogP contribution < -0.4 is 10.1 Å². The number of aryl methyl sites for hydroxylation is 1. The standard InChI is InChI=1S/C18H27NO/c1-3-11-19-16-10-9-14-5-4-6-17(20-2)18(14)15(16)12-13-7-8-13/h4-6,13,15-16,19H,3,7-12H2,1-2H3/t15-,16+/m1/s1. The fourth-order valence-electron chi connectivity index (χ4n) is 3.69. The smallest absolute Gasteiger partial charge is 0.122 e. The van der Waals surface area contributed by atoms with Gasteiger partial charge in [-0.25, -0.2) is 0 Å². The largest absolute Gasteiger partial charge is 0.496 e. The molecule has 2 aliphatic carbocycles. The van der Waals surface area contributed by atoms with Gasteiger partial charge in [-0.3, -0.25) is 0 Å². The van der Waals surface area contributed by atoms with Gasteiger partial charge in [0.1, 0.15) is 5.75 Å². The Morgan fingerprint density at radius 3 is 2.80 bits per heavy atom. The average Bonchev–Trinajstić information content (AvgIpc) is 3.29. The van der Waals surface area contributed by atoms with Crippen molar-refractivity contribution in [2.75, 3.05) is 13.7 Å². The van der Waals surface area contributed by atoms with Gasteiger partial charge in [0, 0.05) is 17.5 Å². The molecule has 0 spiro atoms. The third kappa shape index (κ3) is 2.85. The molecule has 0 radical (unpaired) electrons. The van der Waals surface area contributed by atoms with Crippen molar-refractivity contribution in [2.24, 2.45) is 5.92 Å². The lowest BCUT2D eigenvalue weighted by Gasteiger charge is -2.35. The quantitative estimate of drug-likeness (QED) is 0.849. The molecule has 0 heterocycles. The molecule has 0 amide bonds. The Kier molecular flexibility index (Phi) is 4.30. The summed E-state index contributed by atoms with van der Waals surface area (Å²) in [6, 6.07) is 7.22. The van der Waals surface area contributed by atoms with E-state index in [1.807, 2.05) is 7.11 Å². The van der Waals surface area contributed by atoms with Gasteiger partial charge in [-0.05, 0) is 49.8 Å². The summed E-state index contributed by atoms with van der Waals surface area (Å²) in [4.78, 5) is 0. The van der Waals surface area contributed by atoms with E-state index in [-0.39, 0.29) is 0 Å². The van der Waals surface area contributed by atoms with Gasteiger partial charge in [-0.1, -0.05) is 31.9 Å². The number of methoxy groups -OCH3 is 1. The molecule has 1 aromatic carbocycles. The predicted molar refractivity (Wildman–Crippen MR) is 83.5 cm³/mol. The molecule has 3 rings (SSSR count). The summed E-state index contributed by atoms with van der Waals surface area (Å²) < 4.78 is 5.67. The highest BCUT2D eigenvalue weighted by atomic mass is 16.5. The van der Waals surface area contributed by atoms with E-state index in [2.05, 4.69) is 30.4 Å². The molecule has 0 saturated heterocycles. The fourth-order valence-corrected chi connectivity index (χ4v) is 3.69. The molecule has 2 heteroatoms. The van der Waals surface area contributed by atoms with Crippen LogP contribution in [0.3, 0.4) is 0 Å². The van der Waals surface area contributed by atoms with Crippen LogP contribution in [0.4, 0.5) is 0 Å². The molecule has 0 unspecified atom stereocenters. The van der Waals surface area contributed by atoms with Crippen LogP contribution in [0.15, 0.2) is 18.2 Å². The summed E-state index contributed by atoms with van der Waals surface area (Å²) in [7, 11) is 1.81. The second-order valence-electron chi connectivity index (χ2n) is 6.42. The summed E-state index contributed by atoms with van der Waals surface area (Å²) >= 11 is 0. The van der Waals surface area contributed by atoms with Crippen LogP contribution in [0.2, 0.25) is 0 Å². The third-order valence-electron chi connectivity index (χ3n) is 4.90. The van der Waals surface area contributed by atoms with Crippen LogP contribution >= 0.6 is 0 Å². The minimum absolute atomic E-state index is 0.638. The maximum absolute atomic E-state index is 5.67. The Bertz CT molecular complexity index is 438. The predicted octanol–water partition coefficient (Wildman–Crippen LogP) is 3.89. The lowest BCUT2D eigenvalue weighted by Crippen LogP contribution is -2.39. The van der Waals surface area contributed by atoms with Gasteiger partial charge in [0.15, 0.2) is 0 Å². The second kappa shape index (κ2) is 6.17. The zero-order valence-electron chi connectivity index (χ0n) is 12.8. The first kappa shape index (κ1) is 13.9. The van der Waals surface area contributed by atoms with Crippen molar-refractivity contribution in [3.8, 4) is 5.75 Å². The van der Waals surface area contributed by atoms with Gasteiger partial charge in [-0.15, -0.1) is 0 Å². The molecule has 2 aliphatic rings. The molecule has 1 aromatic rings. The zero-order valence-corrected chi connectivity index (χ0v) is 12.8. The maximum atomic E-state index is 5.67. The highest BCUT2D eigenvalue weighted by molar-refractivity contribution is 5.45. The molecule has 1 N–H and O–H groups in total. The van der Waals surface area contributed by atoms with Crippen molar-refractivity contribution in [1.29, 1.82) is 0 Å². The van der Waals surface area contributed by atoms with Crippen LogP contribution in [0.1, 0.15) is 56.1 Å². The van der Waals surface area contributed by atoms with E-state index >= 15 is 0 Å². The molecule has 2 nitrogen and oxygen atoms in total. The van der Waals surface area contributed by atoms with Crippen molar-refractivity contribution in [1.82, 2.24) is 5.32 Å². The molecule has 20 heavy (non-hydrogen) atoms. The summed E-state index contributed by atoms with van der Waals surface area (Å²) in [5, 5.41) is 3.79. The number of nitrogens with one attached hydrogen (secondary N) is 1. The molecule has 2 atom stereocenters. The Balaban J connectivity index is 1.89. The third-order valence-corrected chi connectivity index (χ3v) is 4.90. The first-order valence-corrected chi connectivity index (χ1v) is 8.22. The van der Waals surface area contributed by atoms with E-state index in [9.17, 15) is 0 Å². The van der Waals surface area contributed by atoms with Gasteiger partial charge in [0.25, 0.3) is 0 Å². The Morgan fingerprint density at radius 2 is 2.10 bits per heavy atom. The van der Waals surface area contributed by atoms with Crippen molar-refractivity contribution in [3.63, 3.8) is 0 Å². The topological polar surface area (TPSA) is 21.3 Å². The SMILES string of the molecule is CCCN[C@H]1CCc2cccc(OC)c2[C@@H]1CC1CC1. The molecule has 0 aliphatic heterocycles. The number of benzene rings is 1. The summed E-state index contributed by atoms with van der Waals surface area (Å²) in [5.74, 6) is 2.71. The molecule has 0 bridgehead atoms. The van der Waals surface area contributed by atoms with E-state index in [1.165, 1.54) is 49.7 Å². The lowest BCUT2D eigenvalue weighted by atomic mass is 9.76. The van der Waals surface area contributed by atoms with E-state index < -0.39 is 0 Å². The van der Waals surface area contributed by atoms with Gasteiger partial charge >= 0.3 is 0 Å². The number of hydrogen-bond donors (Lipinski definition) is 1. The summed E-state index contributed by atoms with van der Waals surface area (Å²) in [5.41, 5.74) is 3.02. The maximum Gasteiger partial charge on any atom is 0.122 e. The normalized spacial score (nSPS) is 25.3. The summed E-state index contributed by atoms with van der Waals surface area (Å²) in [6.07, 6.45) is 7.88. The van der Waals surface area contributed by atoms with E-state index in [4.69, 9.17) is 4.74 Å². The number of ether oxygens (including phenoxy) is 1. The van der Waals surface area contributed by atoms with Crippen molar-refractivity contribution >= 4 is 0 Å². The van der Waals surface area contributed by atoms with Gasteiger partial charge < -0.3 is 10.1 Å². The highest BCUT2D eigenvalue weighted by Gasteiger charge is 2.36. The minimum atomic E-state index is 0.638. The molecule has 1 saturated carbocycles. The molecule has 1 fully saturated rings. The van der Waals surface area contributed by atoms with Gasteiger partial charge in [0.05, 0.1) is 7.11 Å². The Morgan fingerprint density at radius 1 is 1.25 bits per heavy atom. The van der Waals surface area contributed by atoms with Crippen molar-refractivity contribution < 1.29 is 4.74 Å². The first-order valence-electron chi connectivity index (χ1n) is 8.22. The van der Waals surface area contributed by atoms with E-state index in [0.717, 1.165) is 18.2 Å². The summed E-state index contributed by atoms with van der Waals surface area (Å²) in [6.45, 7) is 3.39. The van der Waals surface area contributed by atoms with Gasteiger partial charge in [0.2, 0.25) is 0 Å². The van der Waals surface area contributed by atoms with Crippen molar-refractivity contribution in [2.45, 2.75) is 57.4 Å². The van der Waals surface area contributed by atoms with Crippen LogP contribution in [-0.4, -0.2) is 19.7 Å². The van der Waals surface area contributed by atoms with Crippen molar-refractivity contribution in [3.05, 3.63) is 29.3 Å². The highest BCUT2D eigenvalue weighted by Crippen LogP contribution is 2.46. The van der Waals surface area contributed by atoms with Gasteiger partial charge in [-0.2, -0.15) is 0 Å². The van der Waals surface area contributed by atoms with E-state index in [1.54, 1.807) is 0 Å². The minimum Gasteiger partial charge on any atom is -0.496 e. The monoisotopic (exact) mass is 273 g/mol. The Labute approximate surface area is 122 Å². The van der Waals surface area contributed by atoms with Crippen LogP contribution in [-0.2, 0) is 6.42 Å². The zero-order chi connectivity index (χ0) is 13.9. The van der Waals surface area contributed by atoms with Crippen LogP contribution in [0.5, 0.6) is 5.75 Å². The van der Waals surface area contributed by atoms with E-state index in [0.29, 0.717) is 12.0 Å².